The first kappa shape index (κ1) is 21.9. The molecule has 1 aromatic carbocycles. The third-order valence-electron chi connectivity index (χ3n) is 4.77. The van der Waals surface area contributed by atoms with Crippen LogP contribution in [0.15, 0.2) is 18.2 Å². The van der Waals surface area contributed by atoms with E-state index in [2.05, 4.69) is 19.2 Å². The highest BCUT2D eigenvalue weighted by atomic mass is 19.4. The van der Waals surface area contributed by atoms with Crippen molar-refractivity contribution in [2.75, 3.05) is 44.2 Å². The summed E-state index contributed by atoms with van der Waals surface area (Å²) in [6.07, 6.45) is -3.72. The van der Waals surface area contributed by atoms with E-state index in [1.165, 1.54) is 0 Å². The fourth-order valence-corrected chi connectivity index (χ4v) is 3.14. The van der Waals surface area contributed by atoms with Gasteiger partial charge in [-0.05, 0) is 24.5 Å². The SMILES string of the molecule is CC(C)CCNC(=O)C[NH+]1CCN(c2ccc(C(F)(F)F)cc2[N+](=O)[O-])CC1. The molecule has 1 saturated heterocycles. The lowest BCUT2D eigenvalue weighted by Crippen LogP contribution is -3.16. The van der Waals surface area contributed by atoms with Crippen LogP contribution in [0.5, 0.6) is 0 Å². The number of anilines is 1. The highest BCUT2D eigenvalue weighted by molar-refractivity contribution is 5.76. The number of nitrogens with zero attached hydrogens (tertiary/aromatic N) is 2. The molecule has 28 heavy (non-hydrogen) atoms. The van der Waals surface area contributed by atoms with Gasteiger partial charge in [-0.25, -0.2) is 0 Å². The molecule has 2 rings (SSSR count). The van der Waals surface area contributed by atoms with Gasteiger partial charge >= 0.3 is 6.18 Å². The number of hydrogen-bond donors (Lipinski definition) is 2. The Kier molecular flexibility index (Phi) is 7.22. The second kappa shape index (κ2) is 9.22. The van der Waals surface area contributed by atoms with Crippen LogP contribution in [0.3, 0.4) is 0 Å². The average molecular weight is 403 g/mol. The van der Waals surface area contributed by atoms with Crippen molar-refractivity contribution in [3.8, 4) is 0 Å². The van der Waals surface area contributed by atoms with Gasteiger partial charge in [0.15, 0.2) is 6.54 Å². The topological polar surface area (TPSA) is 79.9 Å². The molecule has 1 aliphatic rings. The van der Waals surface area contributed by atoms with E-state index in [0.717, 1.165) is 23.5 Å². The fourth-order valence-electron chi connectivity index (χ4n) is 3.14. The zero-order valence-corrected chi connectivity index (χ0v) is 16.0. The lowest BCUT2D eigenvalue weighted by Gasteiger charge is -2.33. The first-order chi connectivity index (χ1) is 13.1. The summed E-state index contributed by atoms with van der Waals surface area (Å²) in [6, 6.07) is 2.60. The number of carbonyl (C=O) groups is 1. The summed E-state index contributed by atoms with van der Waals surface area (Å²) >= 11 is 0. The van der Waals surface area contributed by atoms with Crippen molar-refractivity contribution >= 4 is 17.3 Å². The number of nitro benzene ring substituents is 1. The lowest BCUT2D eigenvalue weighted by molar-refractivity contribution is -0.892. The van der Waals surface area contributed by atoms with Crippen molar-refractivity contribution in [1.82, 2.24) is 5.32 Å². The predicted octanol–water partition coefficient (Wildman–Crippen LogP) is 1.48. The monoisotopic (exact) mass is 403 g/mol. The molecule has 0 unspecified atom stereocenters. The standard InChI is InChI=1S/C18H25F3N4O3/c1-13(2)5-6-22-17(26)12-23-7-9-24(10-8-23)15-4-3-14(18(19,20)21)11-16(15)25(27)28/h3-4,11,13H,5-10,12H2,1-2H3,(H,22,26)/p+1. The minimum atomic E-state index is -4.63. The summed E-state index contributed by atoms with van der Waals surface area (Å²) in [5.74, 6) is 0.473. The van der Waals surface area contributed by atoms with Gasteiger partial charge in [0.25, 0.3) is 11.6 Å². The van der Waals surface area contributed by atoms with Crippen molar-refractivity contribution in [3.05, 3.63) is 33.9 Å². The van der Waals surface area contributed by atoms with Gasteiger partial charge in [-0.1, -0.05) is 13.8 Å². The average Bonchev–Trinajstić information content (AvgIpc) is 2.60. The number of piperazine rings is 1. The normalized spacial score (nSPS) is 15.7. The van der Waals surface area contributed by atoms with Crippen LogP contribution in [0.1, 0.15) is 25.8 Å². The number of halogens is 3. The third kappa shape index (κ3) is 6.08. The van der Waals surface area contributed by atoms with Crippen LogP contribution < -0.4 is 15.1 Å². The number of benzene rings is 1. The number of quaternary nitrogens is 1. The van der Waals surface area contributed by atoms with Crippen LogP contribution in [0, 0.1) is 16.0 Å². The molecule has 1 heterocycles. The Morgan fingerprint density at radius 1 is 1.32 bits per heavy atom. The smallest absolute Gasteiger partial charge is 0.355 e. The van der Waals surface area contributed by atoms with E-state index in [1.54, 1.807) is 4.90 Å². The number of nitro groups is 1. The minimum absolute atomic E-state index is 0.0374. The zero-order valence-electron chi connectivity index (χ0n) is 16.0. The van der Waals surface area contributed by atoms with Crippen molar-refractivity contribution in [1.29, 1.82) is 0 Å². The van der Waals surface area contributed by atoms with Gasteiger partial charge in [0.2, 0.25) is 0 Å². The molecule has 1 amide bonds. The molecule has 156 valence electrons. The second-order valence-electron chi connectivity index (χ2n) is 7.40. The predicted molar refractivity (Wildman–Crippen MR) is 98.3 cm³/mol. The van der Waals surface area contributed by atoms with Crippen molar-refractivity contribution < 1.29 is 27.8 Å². The minimum Gasteiger partial charge on any atom is -0.355 e. The summed E-state index contributed by atoms with van der Waals surface area (Å²) in [6.45, 7) is 7.13. The van der Waals surface area contributed by atoms with Gasteiger partial charge in [-0.15, -0.1) is 0 Å². The van der Waals surface area contributed by atoms with E-state index >= 15 is 0 Å². The van der Waals surface area contributed by atoms with Crippen molar-refractivity contribution in [3.63, 3.8) is 0 Å². The van der Waals surface area contributed by atoms with Crippen LogP contribution in [-0.4, -0.2) is 50.1 Å². The number of carbonyl (C=O) groups excluding carboxylic acids is 1. The Balaban J connectivity index is 1.96. The first-order valence-electron chi connectivity index (χ1n) is 9.28. The molecule has 1 fully saturated rings. The molecule has 0 aliphatic carbocycles. The van der Waals surface area contributed by atoms with Crippen LogP contribution in [-0.2, 0) is 11.0 Å². The quantitative estimate of drug-likeness (QED) is 0.534. The maximum Gasteiger partial charge on any atom is 0.416 e. The zero-order chi connectivity index (χ0) is 20.9. The molecule has 0 bridgehead atoms. The Labute approximate surface area is 161 Å². The van der Waals surface area contributed by atoms with Gasteiger partial charge in [0.05, 0.1) is 36.7 Å². The van der Waals surface area contributed by atoms with Gasteiger partial charge < -0.3 is 15.1 Å². The number of amides is 1. The van der Waals surface area contributed by atoms with Crippen LogP contribution in [0.4, 0.5) is 24.5 Å². The van der Waals surface area contributed by atoms with E-state index in [9.17, 15) is 28.1 Å². The molecular formula is C18H26F3N4O3+. The Bertz CT molecular complexity index is 702. The number of nitrogens with one attached hydrogen (secondary N) is 2. The number of hydrogen-bond acceptors (Lipinski definition) is 4. The van der Waals surface area contributed by atoms with E-state index in [-0.39, 0.29) is 11.6 Å². The third-order valence-corrected chi connectivity index (χ3v) is 4.77. The van der Waals surface area contributed by atoms with Crippen molar-refractivity contribution in [2.24, 2.45) is 5.92 Å². The van der Waals surface area contributed by atoms with Crippen LogP contribution >= 0.6 is 0 Å². The summed E-state index contributed by atoms with van der Waals surface area (Å²) in [5, 5.41) is 14.1. The highest BCUT2D eigenvalue weighted by Gasteiger charge is 2.34. The van der Waals surface area contributed by atoms with E-state index in [4.69, 9.17) is 0 Å². The van der Waals surface area contributed by atoms with Gasteiger partial charge in [-0.3, -0.25) is 14.9 Å². The molecule has 1 aliphatic heterocycles. The second-order valence-corrected chi connectivity index (χ2v) is 7.40. The molecule has 10 heteroatoms. The van der Waals surface area contributed by atoms with Crippen LogP contribution in [0.2, 0.25) is 0 Å². The Hall–Kier alpha value is -2.36. The first-order valence-corrected chi connectivity index (χ1v) is 9.28. The maximum atomic E-state index is 12.8. The highest BCUT2D eigenvalue weighted by Crippen LogP contribution is 2.36. The fraction of sp³-hybridized carbons (Fsp3) is 0.611. The Morgan fingerprint density at radius 2 is 1.96 bits per heavy atom. The molecular weight excluding hydrogens is 377 g/mol. The van der Waals surface area contributed by atoms with Gasteiger partial charge in [-0.2, -0.15) is 13.2 Å². The summed E-state index contributed by atoms with van der Waals surface area (Å²) in [4.78, 5) is 25.2. The van der Waals surface area contributed by atoms with Crippen molar-refractivity contribution in [2.45, 2.75) is 26.4 Å². The molecule has 2 N–H and O–H groups in total. The van der Waals surface area contributed by atoms with Gasteiger partial charge in [0.1, 0.15) is 5.69 Å². The molecule has 0 radical (unpaired) electrons. The Morgan fingerprint density at radius 3 is 2.50 bits per heavy atom. The molecule has 0 aromatic heterocycles. The number of rotatable bonds is 7. The molecule has 7 nitrogen and oxygen atoms in total. The lowest BCUT2D eigenvalue weighted by atomic mass is 10.1. The van der Waals surface area contributed by atoms with E-state index in [0.29, 0.717) is 51.3 Å². The molecule has 1 aromatic rings. The van der Waals surface area contributed by atoms with Crippen LogP contribution in [0.25, 0.3) is 0 Å². The number of alkyl halides is 3. The summed E-state index contributed by atoms with van der Waals surface area (Å²) in [7, 11) is 0. The van der Waals surface area contributed by atoms with E-state index < -0.39 is 22.4 Å². The molecule has 0 spiro atoms. The summed E-state index contributed by atoms with van der Waals surface area (Å²) < 4.78 is 38.5. The molecule has 0 saturated carbocycles. The van der Waals surface area contributed by atoms with E-state index in [1.807, 2.05) is 0 Å². The summed E-state index contributed by atoms with van der Waals surface area (Å²) in [5.41, 5.74) is -1.41. The van der Waals surface area contributed by atoms with Gasteiger partial charge in [0, 0.05) is 12.6 Å². The maximum absolute atomic E-state index is 12.8. The molecule has 0 atom stereocenters. The largest absolute Gasteiger partial charge is 0.416 e.